The van der Waals surface area contributed by atoms with Crippen molar-refractivity contribution in [2.75, 3.05) is 13.1 Å². The van der Waals surface area contributed by atoms with Crippen molar-refractivity contribution in [2.24, 2.45) is 17.6 Å². The standard InChI is InChI=1S/C15H28N2OS/c1-12(2)11-17(10-9-14(16)19)15(18)8-7-13-5-3-4-6-13/h12-13H,3-11H2,1-2H3,(H2,16,19). The molecule has 0 spiro atoms. The molecule has 4 heteroatoms. The molecule has 110 valence electrons. The Morgan fingerprint density at radius 1 is 1.32 bits per heavy atom. The lowest BCUT2D eigenvalue weighted by molar-refractivity contribution is -0.132. The minimum atomic E-state index is 0.275. The van der Waals surface area contributed by atoms with E-state index < -0.39 is 0 Å². The van der Waals surface area contributed by atoms with Crippen LogP contribution in [-0.2, 0) is 4.79 Å². The number of hydrogen-bond acceptors (Lipinski definition) is 2. The number of nitrogens with two attached hydrogens (primary N) is 1. The van der Waals surface area contributed by atoms with Gasteiger partial charge in [-0.2, -0.15) is 0 Å². The average Bonchev–Trinajstić information content (AvgIpc) is 2.83. The van der Waals surface area contributed by atoms with Crippen molar-refractivity contribution in [3.63, 3.8) is 0 Å². The van der Waals surface area contributed by atoms with Crippen LogP contribution in [0.2, 0.25) is 0 Å². The van der Waals surface area contributed by atoms with Gasteiger partial charge in [0.25, 0.3) is 0 Å². The second kappa shape index (κ2) is 8.51. The van der Waals surface area contributed by atoms with Crippen molar-refractivity contribution in [1.82, 2.24) is 4.90 Å². The first-order valence-electron chi connectivity index (χ1n) is 7.55. The van der Waals surface area contributed by atoms with Crippen LogP contribution in [0.1, 0.15) is 58.8 Å². The van der Waals surface area contributed by atoms with Crippen LogP contribution in [0.15, 0.2) is 0 Å². The van der Waals surface area contributed by atoms with Gasteiger partial charge in [-0.3, -0.25) is 4.79 Å². The van der Waals surface area contributed by atoms with Gasteiger partial charge in [-0.25, -0.2) is 0 Å². The zero-order valence-electron chi connectivity index (χ0n) is 12.4. The molecule has 0 heterocycles. The predicted octanol–water partition coefficient (Wildman–Crippen LogP) is 3.12. The molecule has 1 aliphatic rings. The largest absolute Gasteiger partial charge is 0.393 e. The molecule has 0 unspecified atom stereocenters. The molecule has 0 atom stereocenters. The van der Waals surface area contributed by atoms with Gasteiger partial charge in [0, 0.05) is 25.9 Å². The molecule has 0 radical (unpaired) electrons. The molecule has 0 aromatic heterocycles. The number of amides is 1. The maximum atomic E-state index is 12.3. The van der Waals surface area contributed by atoms with Crippen molar-refractivity contribution < 1.29 is 4.79 Å². The van der Waals surface area contributed by atoms with E-state index in [1.807, 2.05) is 4.90 Å². The number of rotatable bonds is 8. The number of hydrogen-bond donors (Lipinski definition) is 1. The second-order valence-corrected chi connectivity index (χ2v) is 6.66. The smallest absolute Gasteiger partial charge is 0.222 e. The minimum Gasteiger partial charge on any atom is -0.393 e. The molecule has 1 amide bonds. The summed E-state index contributed by atoms with van der Waals surface area (Å²) in [5.74, 6) is 1.54. The summed E-state index contributed by atoms with van der Waals surface area (Å²) >= 11 is 4.91. The van der Waals surface area contributed by atoms with Crippen molar-refractivity contribution in [2.45, 2.75) is 58.8 Å². The zero-order valence-corrected chi connectivity index (χ0v) is 13.2. The quantitative estimate of drug-likeness (QED) is 0.697. The third-order valence-electron chi connectivity index (χ3n) is 3.81. The number of carbonyl (C=O) groups excluding carboxylic acids is 1. The summed E-state index contributed by atoms with van der Waals surface area (Å²) in [4.78, 5) is 14.7. The Kier molecular flexibility index (Phi) is 7.36. The van der Waals surface area contributed by atoms with E-state index in [-0.39, 0.29) is 5.91 Å². The van der Waals surface area contributed by atoms with E-state index in [1.165, 1.54) is 25.7 Å². The fourth-order valence-corrected chi connectivity index (χ4v) is 2.88. The van der Waals surface area contributed by atoms with Crippen LogP contribution in [0.4, 0.5) is 0 Å². The van der Waals surface area contributed by atoms with Gasteiger partial charge in [0.1, 0.15) is 0 Å². The summed E-state index contributed by atoms with van der Waals surface area (Å²) in [7, 11) is 0. The van der Waals surface area contributed by atoms with Gasteiger partial charge in [0.15, 0.2) is 0 Å². The van der Waals surface area contributed by atoms with Crippen molar-refractivity contribution in [1.29, 1.82) is 0 Å². The van der Waals surface area contributed by atoms with Crippen LogP contribution in [0.25, 0.3) is 0 Å². The summed E-state index contributed by atoms with van der Waals surface area (Å²) in [6.45, 7) is 5.76. The molecule has 2 N–H and O–H groups in total. The highest BCUT2D eigenvalue weighted by Crippen LogP contribution is 2.28. The van der Waals surface area contributed by atoms with E-state index in [4.69, 9.17) is 18.0 Å². The summed E-state index contributed by atoms with van der Waals surface area (Å²) < 4.78 is 0. The van der Waals surface area contributed by atoms with Crippen molar-refractivity contribution in [3.8, 4) is 0 Å². The van der Waals surface area contributed by atoms with Gasteiger partial charge in [0.2, 0.25) is 5.91 Å². The first-order valence-corrected chi connectivity index (χ1v) is 7.96. The molecule has 1 rings (SSSR count). The lowest BCUT2D eigenvalue weighted by atomic mass is 10.0. The molecule has 1 saturated carbocycles. The Labute approximate surface area is 122 Å². The number of nitrogens with zero attached hydrogens (tertiary/aromatic N) is 1. The van der Waals surface area contributed by atoms with Gasteiger partial charge in [-0.05, 0) is 18.3 Å². The Morgan fingerprint density at radius 3 is 2.47 bits per heavy atom. The van der Waals surface area contributed by atoms with Crippen molar-refractivity contribution in [3.05, 3.63) is 0 Å². The van der Waals surface area contributed by atoms with Gasteiger partial charge in [0.05, 0.1) is 4.99 Å². The third-order valence-corrected chi connectivity index (χ3v) is 4.01. The molecule has 1 fully saturated rings. The van der Waals surface area contributed by atoms with Gasteiger partial charge in [-0.15, -0.1) is 0 Å². The fraction of sp³-hybridized carbons (Fsp3) is 0.867. The van der Waals surface area contributed by atoms with Gasteiger partial charge < -0.3 is 10.6 Å². The first kappa shape index (κ1) is 16.4. The van der Waals surface area contributed by atoms with Crippen LogP contribution in [0.5, 0.6) is 0 Å². The highest BCUT2D eigenvalue weighted by molar-refractivity contribution is 7.80. The Morgan fingerprint density at radius 2 is 1.95 bits per heavy atom. The topological polar surface area (TPSA) is 46.3 Å². The van der Waals surface area contributed by atoms with E-state index >= 15 is 0 Å². The lowest BCUT2D eigenvalue weighted by Gasteiger charge is -2.25. The van der Waals surface area contributed by atoms with Gasteiger partial charge >= 0.3 is 0 Å². The van der Waals surface area contributed by atoms with Crippen LogP contribution >= 0.6 is 12.2 Å². The van der Waals surface area contributed by atoms with Crippen LogP contribution in [0, 0.1) is 11.8 Å². The maximum absolute atomic E-state index is 12.3. The fourth-order valence-electron chi connectivity index (χ4n) is 2.79. The maximum Gasteiger partial charge on any atom is 0.222 e. The Bertz CT molecular complexity index is 299. The molecular formula is C15H28N2OS. The molecule has 0 saturated heterocycles. The van der Waals surface area contributed by atoms with E-state index in [9.17, 15) is 4.79 Å². The molecule has 0 aromatic carbocycles. The molecule has 1 aliphatic carbocycles. The molecular weight excluding hydrogens is 256 g/mol. The predicted molar refractivity (Wildman–Crippen MR) is 84.0 cm³/mol. The second-order valence-electron chi connectivity index (χ2n) is 6.14. The van der Waals surface area contributed by atoms with E-state index in [0.717, 1.165) is 18.9 Å². The van der Waals surface area contributed by atoms with E-state index in [2.05, 4.69) is 13.8 Å². The Hall–Kier alpha value is -0.640. The molecule has 0 aliphatic heterocycles. The number of thiocarbonyl (C=S) groups is 1. The highest BCUT2D eigenvalue weighted by atomic mass is 32.1. The van der Waals surface area contributed by atoms with E-state index in [1.54, 1.807) is 0 Å². The highest BCUT2D eigenvalue weighted by Gasteiger charge is 2.19. The average molecular weight is 284 g/mol. The Balaban J connectivity index is 2.37. The van der Waals surface area contributed by atoms with Crippen LogP contribution in [0.3, 0.4) is 0 Å². The van der Waals surface area contributed by atoms with E-state index in [0.29, 0.717) is 30.3 Å². The molecule has 3 nitrogen and oxygen atoms in total. The minimum absolute atomic E-state index is 0.275. The molecule has 0 bridgehead atoms. The van der Waals surface area contributed by atoms with Crippen LogP contribution < -0.4 is 5.73 Å². The molecule has 19 heavy (non-hydrogen) atoms. The van der Waals surface area contributed by atoms with Crippen LogP contribution in [-0.4, -0.2) is 28.9 Å². The summed E-state index contributed by atoms with van der Waals surface area (Å²) in [6, 6.07) is 0. The van der Waals surface area contributed by atoms with Gasteiger partial charge in [-0.1, -0.05) is 51.7 Å². The number of carbonyl (C=O) groups is 1. The first-order chi connectivity index (χ1) is 8.99. The zero-order chi connectivity index (χ0) is 14.3. The SMILES string of the molecule is CC(C)CN(CCC(N)=S)C(=O)CCC1CCCC1. The van der Waals surface area contributed by atoms with Crippen molar-refractivity contribution >= 4 is 23.1 Å². The monoisotopic (exact) mass is 284 g/mol. The lowest BCUT2D eigenvalue weighted by Crippen LogP contribution is -2.36. The molecule has 0 aromatic rings. The third kappa shape index (κ3) is 6.90. The summed E-state index contributed by atoms with van der Waals surface area (Å²) in [5.41, 5.74) is 5.54. The summed E-state index contributed by atoms with van der Waals surface area (Å²) in [5, 5.41) is 0. The normalized spacial score (nSPS) is 15.9. The summed E-state index contributed by atoms with van der Waals surface area (Å²) in [6.07, 6.45) is 7.69.